The zero-order chi connectivity index (χ0) is 18.0. The Morgan fingerprint density at radius 3 is 2.88 bits per heavy atom. The summed E-state index contributed by atoms with van der Waals surface area (Å²) >= 11 is 10.6. The van der Waals surface area contributed by atoms with Gasteiger partial charge in [-0.05, 0) is 52.7 Å². The van der Waals surface area contributed by atoms with Crippen molar-refractivity contribution in [3.05, 3.63) is 45.6 Å². The molecule has 25 heavy (non-hydrogen) atoms. The topological polar surface area (TPSA) is 73.0 Å². The number of aromatic nitrogens is 3. The molecule has 3 rings (SSSR count). The van der Waals surface area contributed by atoms with Crippen LogP contribution in [0.4, 0.5) is 5.69 Å². The van der Waals surface area contributed by atoms with Gasteiger partial charge in [0.1, 0.15) is 0 Å². The lowest BCUT2D eigenvalue weighted by Crippen LogP contribution is -2.15. The Balaban J connectivity index is 1.65. The van der Waals surface area contributed by atoms with Crippen molar-refractivity contribution in [2.75, 3.05) is 11.1 Å². The Morgan fingerprint density at radius 2 is 2.16 bits per heavy atom. The van der Waals surface area contributed by atoms with Crippen molar-refractivity contribution in [3.63, 3.8) is 0 Å². The largest absolute Gasteiger partial charge is 0.446 e. The van der Waals surface area contributed by atoms with Crippen LogP contribution >= 0.6 is 39.3 Å². The number of nitrogens with one attached hydrogen (secondary N) is 1. The Bertz CT molecular complexity index is 925. The van der Waals surface area contributed by atoms with Gasteiger partial charge in [-0.2, -0.15) is 0 Å². The van der Waals surface area contributed by atoms with E-state index in [0.29, 0.717) is 32.1 Å². The molecule has 0 aliphatic carbocycles. The summed E-state index contributed by atoms with van der Waals surface area (Å²) in [4.78, 5) is 12.2. The smallest absolute Gasteiger partial charge is 0.234 e. The fraction of sp³-hybridized carbons (Fsp3) is 0.188. The molecule has 0 aliphatic heterocycles. The highest BCUT2D eigenvalue weighted by Gasteiger charge is 2.16. The van der Waals surface area contributed by atoms with Gasteiger partial charge >= 0.3 is 0 Å². The average Bonchev–Trinajstić information content (AvgIpc) is 3.16. The van der Waals surface area contributed by atoms with Crippen molar-refractivity contribution in [1.82, 2.24) is 14.8 Å². The average molecular weight is 442 g/mol. The fourth-order valence-corrected chi connectivity index (χ4v) is 3.34. The van der Waals surface area contributed by atoms with Gasteiger partial charge in [0.2, 0.25) is 5.91 Å². The summed E-state index contributed by atoms with van der Waals surface area (Å²) in [6.45, 7) is 1.86. The van der Waals surface area contributed by atoms with Gasteiger partial charge in [0.15, 0.2) is 21.4 Å². The van der Waals surface area contributed by atoms with E-state index in [9.17, 15) is 4.79 Å². The second kappa shape index (κ2) is 7.63. The molecule has 0 fully saturated rings. The van der Waals surface area contributed by atoms with E-state index in [2.05, 4.69) is 31.4 Å². The highest BCUT2D eigenvalue weighted by Crippen LogP contribution is 2.27. The van der Waals surface area contributed by atoms with Crippen LogP contribution < -0.4 is 5.32 Å². The van der Waals surface area contributed by atoms with E-state index in [1.54, 1.807) is 28.8 Å². The van der Waals surface area contributed by atoms with Gasteiger partial charge in [-0.15, -0.1) is 10.2 Å². The molecule has 130 valence electrons. The first-order valence-electron chi connectivity index (χ1n) is 7.28. The van der Waals surface area contributed by atoms with E-state index in [1.165, 1.54) is 11.8 Å². The summed E-state index contributed by atoms with van der Waals surface area (Å²) in [5.41, 5.74) is 1.55. The van der Waals surface area contributed by atoms with Gasteiger partial charge < -0.3 is 14.3 Å². The molecule has 2 heterocycles. The van der Waals surface area contributed by atoms with Crippen LogP contribution in [0, 0.1) is 6.92 Å². The number of anilines is 1. The van der Waals surface area contributed by atoms with Crippen LogP contribution in [0.15, 0.2) is 44.6 Å². The number of nitrogens with zero attached hydrogens (tertiary/aromatic N) is 3. The first-order valence-corrected chi connectivity index (χ1v) is 9.44. The molecule has 9 heteroatoms. The minimum Gasteiger partial charge on any atom is -0.446 e. The predicted molar refractivity (Wildman–Crippen MR) is 102 cm³/mol. The Labute approximate surface area is 162 Å². The standard InChI is InChI=1S/C16H14BrClN4O2S/c1-9-10(18)4-3-5-11(9)19-14(23)8-25-16-21-20-15(22(16)2)12-6-7-13(17)24-12/h3-7H,8H2,1-2H3,(H,19,23). The molecule has 0 radical (unpaired) electrons. The molecule has 1 amide bonds. The molecule has 0 saturated heterocycles. The van der Waals surface area contributed by atoms with Crippen LogP contribution in [0.5, 0.6) is 0 Å². The lowest BCUT2D eigenvalue weighted by atomic mass is 10.2. The third kappa shape index (κ3) is 4.08. The molecule has 3 aromatic rings. The molecule has 0 bridgehead atoms. The first-order chi connectivity index (χ1) is 12.0. The molecule has 0 atom stereocenters. The third-order valence-electron chi connectivity index (χ3n) is 3.50. The molecule has 1 aromatic carbocycles. The molecule has 0 unspecified atom stereocenters. The van der Waals surface area contributed by atoms with Crippen molar-refractivity contribution < 1.29 is 9.21 Å². The minimum atomic E-state index is -0.138. The number of hydrogen-bond acceptors (Lipinski definition) is 5. The maximum absolute atomic E-state index is 12.2. The van der Waals surface area contributed by atoms with Gasteiger partial charge in [-0.3, -0.25) is 4.79 Å². The lowest BCUT2D eigenvalue weighted by molar-refractivity contribution is -0.113. The Hall–Kier alpha value is -1.77. The molecule has 0 saturated carbocycles. The van der Waals surface area contributed by atoms with Crippen molar-refractivity contribution in [2.24, 2.45) is 7.05 Å². The molecule has 6 nitrogen and oxygen atoms in total. The fourth-order valence-electron chi connectivity index (χ4n) is 2.15. The third-order valence-corrected chi connectivity index (χ3v) is 5.36. The van der Waals surface area contributed by atoms with E-state index in [-0.39, 0.29) is 11.7 Å². The molecule has 0 spiro atoms. The van der Waals surface area contributed by atoms with E-state index in [1.807, 2.05) is 20.0 Å². The van der Waals surface area contributed by atoms with E-state index >= 15 is 0 Å². The van der Waals surface area contributed by atoms with Crippen LogP contribution in [-0.4, -0.2) is 26.4 Å². The van der Waals surface area contributed by atoms with Crippen LogP contribution in [0.2, 0.25) is 5.02 Å². The van der Waals surface area contributed by atoms with Crippen molar-refractivity contribution in [1.29, 1.82) is 0 Å². The number of carbonyl (C=O) groups excluding carboxylic acids is 1. The van der Waals surface area contributed by atoms with E-state index in [4.69, 9.17) is 16.0 Å². The van der Waals surface area contributed by atoms with Gasteiger partial charge in [0, 0.05) is 17.8 Å². The first kappa shape index (κ1) is 18.0. The number of halogens is 2. The SMILES string of the molecule is Cc1c(Cl)cccc1NC(=O)CSc1nnc(-c2ccc(Br)o2)n1C. The zero-order valence-corrected chi connectivity index (χ0v) is 16.6. The molecular formula is C16H14BrClN4O2S. The van der Waals surface area contributed by atoms with Crippen LogP contribution in [0.3, 0.4) is 0 Å². The Kier molecular flexibility index (Phi) is 5.51. The maximum Gasteiger partial charge on any atom is 0.234 e. The molecule has 0 aliphatic rings. The molecule has 1 N–H and O–H groups in total. The number of furan rings is 1. The normalized spacial score (nSPS) is 10.9. The number of amides is 1. The predicted octanol–water partition coefficient (Wildman–Crippen LogP) is 4.53. The van der Waals surface area contributed by atoms with Crippen LogP contribution in [0.1, 0.15) is 5.56 Å². The number of rotatable bonds is 5. The van der Waals surface area contributed by atoms with Crippen LogP contribution in [-0.2, 0) is 11.8 Å². The summed E-state index contributed by atoms with van der Waals surface area (Å²) in [7, 11) is 1.83. The van der Waals surface area contributed by atoms with Crippen molar-refractivity contribution in [2.45, 2.75) is 12.1 Å². The van der Waals surface area contributed by atoms with Gasteiger partial charge in [0.25, 0.3) is 0 Å². The van der Waals surface area contributed by atoms with E-state index < -0.39 is 0 Å². The van der Waals surface area contributed by atoms with Gasteiger partial charge in [0.05, 0.1) is 5.75 Å². The monoisotopic (exact) mass is 440 g/mol. The summed E-state index contributed by atoms with van der Waals surface area (Å²) in [6, 6.07) is 9.00. The van der Waals surface area contributed by atoms with Gasteiger partial charge in [-0.25, -0.2) is 0 Å². The molecular weight excluding hydrogens is 428 g/mol. The summed E-state index contributed by atoms with van der Waals surface area (Å²) in [6.07, 6.45) is 0. The Morgan fingerprint density at radius 1 is 1.36 bits per heavy atom. The highest BCUT2D eigenvalue weighted by molar-refractivity contribution is 9.10. The maximum atomic E-state index is 12.2. The van der Waals surface area contributed by atoms with Crippen molar-refractivity contribution in [3.8, 4) is 11.6 Å². The lowest BCUT2D eigenvalue weighted by Gasteiger charge is -2.09. The minimum absolute atomic E-state index is 0.138. The molecule has 2 aromatic heterocycles. The van der Waals surface area contributed by atoms with Crippen molar-refractivity contribution >= 4 is 50.9 Å². The van der Waals surface area contributed by atoms with E-state index in [0.717, 1.165) is 5.56 Å². The number of thioether (sulfide) groups is 1. The summed E-state index contributed by atoms with van der Waals surface area (Å²) < 4.78 is 7.89. The zero-order valence-electron chi connectivity index (χ0n) is 13.4. The highest BCUT2D eigenvalue weighted by atomic mass is 79.9. The van der Waals surface area contributed by atoms with Crippen LogP contribution in [0.25, 0.3) is 11.6 Å². The quantitative estimate of drug-likeness (QED) is 0.589. The number of hydrogen-bond donors (Lipinski definition) is 1. The number of benzene rings is 1. The second-order valence-electron chi connectivity index (χ2n) is 5.22. The summed E-state index contributed by atoms with van der Waals surface area (Å²) in [5.74, 6) is 1.27. The number of carbonyl (C=O) groups is 1. The second-order valence-corrected chi connectivity index (χ2v) is 7.35. The summed E-state index contributed by atoms with van der Waals surface area (Å²) in [5, 5.41) is 12.3. The van der Waals surface area contributed by atoms with Gasteiger partial charge in [-0.1, -0.05) is 29.4 Å².